The highest BCUT2D eigenvalue weighted by Crippen LogP contribution is 2.33. The maximum absolute atomic E-state index is 11.7. The van der Waals surface area contributed by atoms with Crippen LogP contribution in [0.25, 0.3) is 0 Å². The summed E-state index contributed by atoms with van der Waals surface area (Å²) in [6.07, 6.45) is 2.89. The lowest BCUT2D eigenvalue weighted by Gasteiger charge is -2.14. The van der Waals surface area contributed by atoms with Gasteiger partial charge in [0, 0.05) is 24.1 Å². The van der Waals surface area contributed by atoms with Crippen LogP contribution in [0.15, 0.2) is 30.3 Å². The van der Waals surface area contributed by atoms with E-state index in [0.29, 0.717) is 12.3 Å². The largest absolute Gasteiger partial charge is 0.396 e. The van der Waals surface area contributed by atoms with Crippen molar-refractivity contribution in [3.05, 3.63) is 35.9 Å². The molecule has 1 aliphatic rings. The molecule has 1 aromatic rings. The van der Waals surface area contributed by atoms with Gasteiger partial charge in [-0.25, -0.2) is 0 Å². The number of hydrogen-bond acceptors (Lipinski definition) is 2. The third kappa shape index (κ3) is 3.90. The van der Waals surface area contributed by atoms with Crippen molar-refractivity contribution >= 4 is 5.91 Å². The van der Waals surface area contributed by atoms with Gasteiger partial charge in [-0.1, -0.05) is 24.1 Å². The van der Waals surface area contributed by atoms with E-state index in [9.17, 15) is 4.79 Å². The molecule has 0 bridgehead atoms. The summed E-state index contributed by atoms with van der Waals surface area (Å²) in [5.74, 6) is 5.68. The molecule has 1 aromatic carbocycles. The van der Waals surface area contributed by atoms with Crippen LogP contribution >= 0.6 is 0 Å². The standard InChI is InChI=1S/C15H17NO2/c17-11-10-14(13-7-8-13)16-15(18)9-6-12-4-2-1-3-5-12/h1-5,13-14,17H,7-8,10-11H2,(H,16,18). The molecule has 0 aliphatic heterocycles. The Balaban J connectivity index is 1.90. The molecule has 0 spiro atoms. The predicted octanol–water partition coefficient (Wildman–Crippen LogP) is 1.32. The Kier molecular flexibility index (Phi) is 4.38. The van der Waals surface area contributed by atoms with E-state index in [4.69, 9.17) is 5.11 Å². The van der Waals surface area contributed by atoms with Crippen molar-refractivity contribution in [3.63, 3.8) is 0 Å². The van der Waals surface area contributed by atoms with Crippen molar-refractivity contribution < 1.29 is 9.90 Å². The van der Waals surface area contributed by atoms with E-state index >= 15 is 0 Å². The normalized spacial score (nSPS) is 15.4. The summed E-state index contributed by atoms with van der Waals surface area (Å²) in [6.45, 7) is 0.105. The topological polar surface area (TPSA) is 49.3 Å². The maximum atomic E-state index is 11.7. The molecule has 1 atom stereocenters. The van der Waals surface area contributed by atoms with Gasteiger partial charge in [-0.3, -0.25) is 4.79 Å². The summed E-state index contributed by atoms with van der Waals surface area (Å²) >= 11 is 0. The van der Waals surface area contributed by atoms with Gasteiger partial charge in [-0.05, 0) is 37.3 Å². The van der Waals surface area contributed by atoms with E-state index in [1.807, 2.05) is 30.3 Å². The van der Waals surface area contributed by atoms with Crippen LogP contribution in [0.2, 0.25) is 0 Å². The third-order valence-electron chi connectivity index (χ3n) is 3.04. The lowest BCUT2D eigenvalue weighted by atomic mass is 10.1. The van der Waals surface area contributed by atoms with Gasteiger partial charge in [-0.2, -0.15) is 0 Å². The average Bonchev–Trinajstić information content (AvgIpc) is 3.21. The lowest BCUT2D eigenvalue weighted by Crippen LogP contribution is -2.36. The molecule has 3 heteroatoms. The molecule has 3 nitrogen and oxygen atoms in total. The Morgan fingerprint density at radius 3 is 2.72 bits per heavy atom. The second-order valence-corrected chi connectivity index (χ2v) is 4.55. The molecule has 1 unspecified atom stereocenters. The van der Waals surface area contributed by atoms with Gasteiger partial charge in [0.1, 0.15) is 0 Å². The van der Waals surface area contributed by atoms with Crippen LogP contribution in [0.1, 0.15) is 24.8 Å². The first-order valence-corrected chi connectivity index (χ1v) is 6.28. The molecule has 2 N–H and O–H groups in total. The second kappa shape index (κ2) is 6.23. The highest BCUT2D eigenvalue weighted by atomic mass is 16.3. The molecule has 0 radical (unpaired) electrons. The average molecular weight is 243 g/mol. The summed E-state index contributed by atoms with van der Waals surface area (Å²) in [7, 11) is 0. The van der Waals surface area contributed by atoms with E-state index in [1.165, 1.54) is 0 Å². The molecule has 0 heterocycles. The molecule has 1 amide bonds. The van der Waals surface area contributed by atoms with E-state index in [1.54, 1.807) is 0 Å². The number of aliphatic hydroxyl groups excluding tert-OH is 1. The molecule has 1 fully saturated rings. The zero-order valence-electron chi connectivity index (χ0n) is 10.2. The Morgan fingerprint density at radius 2 is 2.11 bits per heavy atom. The number of nitrogens with one attached hydrogen (secondary N) is 1. The molecule has 94 valence electrons. The molecule has 2 rings (SSSR count). The van der Waals surface area contributed by atoms with Crippen LogP contribution in [0.4, 0.5) is 0 Å². The third-order valence-corrected chi connectivity index (χ3v) is 3.04. The van der Waals surface area contributed by atoms with Gasteiger partial charge in [-0.15, -0.1) is 0 Å². The van der Waals surface area contributed by atoms with E-state index < -0.39 is 0 Å². The summed E-state index contributed by atoms with van der Waals surface area (Å²) in [5.41, 5.74) is 0.831. The Bertz CT molecular complexity index is 454. The van der Waals surface area contributed by atoms with Crippen LogP contribution in [-0.4, -0.2) is 23.7 Å². The van der Waals surface area contributed by atoms with Gasteiger partial charge in [0.05, 0.1) is 0 Å². The van der Waals surface area contributed by atoms with Crippen molar-refractivity contribution in [2.24, 2.45) is 5.92 Å². The first-order chi connectivity index (χ1) is 8.79. The Labute approximate surface area is 107 Å². The van der Waals surface area contributed by atoms with Crippen molar-refractivity contribution in [3.8, 4) is 11.8 Å². The molecule has 18 heavy (non-hydrogen) atoms. The maximum Gasteiger partial charge on any atom is 0.296 e. The van der Waals surface area contributed by atoms with Crippen LogP contribution in [0.5, 0.6) is 0 Å². The molecular weight excluding hydrogens is 226 g/mol. The number of amides is 1. The number of hydrogen-bond donors (Lipinski definition) is 2. The fourth-order valence-corrected chi connectivity index (χ4v) is 1.92. The highest BCUT2D eigenvalue weighted by Gasteiger charge is 2.31. The van der Waals surface area contributed by atoms with Gasteiger partial charge in [0.25, 0.3) is 5.91 Å². The van der Waals surface area contributed by atoms with E-state index in [2.05, 4.69) is 17.2 Å². The fraction of sp³-hybridized carbons (Fsp3) is 0.400. The van der Waals surface area contributed by atoms with Gasteiger partial charge in [0.15, 0.2) is 0 Å². The minimum Gasteiger partial charge on any atom is -0.396 e. The van der Waals surface area contributed by atoms with Crippen LogP contribution in [0, 0.1) is 17.8 Å². The number of carbonyl (C=O) groups excluding carboxylic acids is 1. The highest BCUT2D eigenvalue weighted by molar-refractivity contribution is 5.94. The zero-order valence-corrected chi connectivity index (χ0v) is 10.2. The van der Waals surface area contributed by atoms with Crippen molar-refractivity contribution in [2.75, 3.05) is 6.61 Å². The number of carbonyl (C=O) groups is 1. The van der Waals surface area contributed by atoms with Gasteiger partial charge < -0.3 is 10.4 Å². The minimum atomic E-state index is -0.260. The second-order valence-electron chi connectivity index (χ2n) is 4.55. The smallest absolute Gasteiger partial charge is 0.296 e. The van der Waals surface area contributed by atoms with Crippen LogP contribution in [-0.2, 0) is 4.79 Å². The molecule has 0 aromatic heterocycles. The first-order valence-electron chi connectivity index (χ1n) is 6.28. The zero-order chi connectivity index (χ0) is 12.8. The van der Waals surface area contributed by atoms with Crippen LogP contribution in [0.3, 0.4) is 0 Å². The Morgan fingerprint density at radius 1 is 1.39 bits per heavy atom. The van der Waals surface area contributed by atoms with Crippen LogP contribution < -0.4 is 5.32 Å². The molecule has 1 saturated carbocycles. The van der Waals surface area contributed by atoms with Gasteiger partial charge in [0.2, 0.25) is 0 Å². The SMILES string of the molecule is O=C(C#Cc1ccccc1)NC(CCO)C1CC1. The molecular formula is C15H17NO2. The summed E-state index contributed by atoms with van der Waals surface area (Å²) in [5, 5.41) is 11.8. The van der Waals surface area contributed by atoms with Gasteiger partial charge >= 0.3 is 0 Å². The summed E-state index contributed by atoms with van der Waals surface area (Å²) in [4.78, 5) is 11.7. The number of aliphatic hydroxyl groups is 1. The first kappa shape index (κ1) is 12.7. The number of rotatable bonds is 4. The lowest BCUT2D eigenvalue weighted by molar-refractivity contribution is -0.116. The molecule has 0 saturated heterocycles. The number of benzene rings is 1. The predicted molar refractivity (Wildman–Crippen MR) is 69.7 cm³/mol. The molecule has 1 aliphatic carbocycles. The quantitative estimate of drug-likeness (QED) is 0.783. The summed E-state index contributed by atoms with van der Waals surface area (Å²) < 4.78 is 0. The minimum absolute atomic E-state index is 0.0765. The van der Waals surface area contributed by atoms with Crippen molar-refractivity contribution in [2.45, 2.75) is 25.3 Å². The van der Waals surface area contributed by atoms with Crippen molar-refractivity contribution in [1.82, 2.24) is 5.32 Å². The Hall–Kier alpha value is -1.79. The van der Waals surface area contributed by atoms with E-state index in [-0.39, 0.29) is 18.6 Å². The summed E-state index contributed by atoms with van der Waals surface area (Å²) in [6, 6.07) is 9.50. The van der Waals surface area contributed by atoms with E-state index in [0.717, 1.165) is 18.4 Å². The van der Waals surface area contributed by atoms with Crippen molar-refractivity contribution in [1.29, 1.82) is 0 Å². The monoisotopic (exact) mass is 243 g/mol. The fourth-order valence-electron chi connectivity index (χ4n) is 1.92.